The quantitative estimate of drug-likeness (QED) is 0.851. The van der Waals surface area contributed by atoms with Crippen molar-refractivity contribution in [2.24, 2.45) is 0 Å². The van der Waals surface area contributed by atoms with Crippen molar-refractivity contribution in [3.8, 4) is 0 Å². The molecule has 1 aliphatic rings. The predicted octanol–water partition coefficient (Wildman–Crippen LogP) is 2.69. The third kappa shape index (κ3) is 4.81. The molecule has 2 rings (SSSR count). The second-order valence-corrected chi connectivity index (χ2v) is 7.37. The van der Waals surface area contributed by atoms with Gasteiger partial charge in [-0.1, -0.05) is 26.0 Å². The van der Waals surface area contributed by atoms with Gasteiger partial charge in [-0.2, -0.15) is 0 Å². The van der Waals surface area contributed by atoms with Crippen LogP contribution in [0.5, 0.6) is 0 Å². The normalized spacial score (nSPS) is 19.5. The minimum Gasteiger partial charge on any atom is -0.456 e. The lowest BCUT2D eigenvalue weighted by molar-refractivity contribution is -0.182. The Kier molecular flexibility index (Phi) is 5.50. The number of anilines is 1. The van der Waals surface area contributed by atoms with E-state index < -0.39 is 17.6 Å². The molecule has 25 heavy (non-hydrogen) atoms. The summed E-state index contributed by atoms with van der Waals surface area (Å²) in [5.41, 5.74) is 1.09. The Morgan fingerprint density at radius 1 is 1.28 bits per heavy atom. The van der Waals surface area contributed by atoms with Crippen LogP contribution in [0.15, 0.2) is 24.3 Å². The first-order valence-corrected chi connectivity index (χ1v) is 8.49. The number of hydrogen-bond acceptors (Lipinski definition) is 4. The molecular formula is C19H26N2O4. The van der Waals surface area contributed by atoms with Crippen LogP contribution in [-0.4, -0.2) is 40.9 Å². The van der Waals surface area contributed by atoms with Crippen molar-refractivity contribution in [3.05, 3.63) is 29.8 Å². The maximum Gasteiger partial charge on any atom is 0.329 e. The molecular weight excluding hydrogens is 320 g/mol. The molecule has 0 spiro atoms. The van der Waals surface area contributed by atoms with Crippen LogP contribution in [0.2, 0.25) is 0 Å². The molecule has 1 heterocycles. The highest BCUT2D eigenvalue weighted by atomic mass is 16.6. The summed E-state index contributed by atoms with van der Waals surface area (Å²) in [4.78, 5) is 37.8. The lowest BCUT2D eigenvalue weighted by Gasteiger charge is -2.41. The highest BCUT2D eigenvalue weighted by molar-refractivity contribution is 5.96. The number of hydrogen-bond donors (Lipinski definition) is 1. The van der Waals surface area contributed by atoms with Crippen molar-refractivity contribution in [2.75, 3.05) is 11.9 Å². The highest BCUT2D eigenvalue weighted by Gasteiger charge is 2.42. The molecule has 1 N–H and O–H groups in total. The van der Waals surface area contributed by atoms with Crippen LogP contribution in [0, 0.1) is 0 Å². The number of nitrogens with one attached hydrogen (secondary N) is 1. The van der Waals surface area contributed by atoms with Crippen LogP contribution in [0.3, 0.4) is 0 Å². The molecule has 1 fully saturated rings. The van der Waals surface area contributed by atoms with Gasteiger partial charge < -0.3 is 15.0 Å². The first kappa shape index (κ1) is 19.0. The Labute approximate surface area is 148 Å². The summed E-state index contributed by atoms with van der Waals surface area (Å²) in [5.74, 6) is -0.708. The van der Waals surface area contributed by atoms with E-state index in [1.165, 1.54) is 17.4 Å². The SMILES string of the molecule is CC(=O)N1CC(C)(C)OC(=O)C1CC(=O)Nc1ccc(C(C)C)cc1. The molecule has 1 aromatic rings. The van der Waals surface area contributed by atoms with Gasteiger partial charge >= 0.3 is 5.97 Å². The molecule has 6 nitrogen and oxygen atoms in total. The van der Waals surface area contributed by atoms with Gasteiger partial charge in [0, 0.05) is 12.6 Å². The third-order valence-corrected chi connectivity index (χ3v) is 4.22. The molecule has 1 saturated heterocycles. The van der Waals surface area contributed by atoms with E-state index in [0.29, 0.717) is 11.6 Å². The molecule has 2 amide bonds. The van der Waals surface area contributed by atoms with Gasteiger partial charge in [-0.3, -0.25) is 9.59 Å². The van der Waals surface area contributed by atoms with Gasteiger partial charge in [0.25, 0.3) is 0 Å². The maximum absolute atomic E-state index is 12.3. The Morgan fingerprint density at radius 2 is 1.88 bits per heavy atom. The topological polar surface area (TPSA) is 75.7 Å². The van der Waals surface area contributed by atoms with Gasteiger partial charge in [0.2, 0.25) is 11.8 Å². The van der Waals surface area contributed by atoms with Gasteiger partial charge in [-0.05, 0) is 37.5 Å². The summed E-state index contributed by atoms with van der Waals surface area (Å²) < 4.78 is 5.35. The molecule has 0 saturated carbocycles. The summed E-state index contributed by atoms with van der Waals surface area (Å²) in [6, 6.07) is 6.69. The number of morpholine rings is 1. The molecule has 0 radical (unpaired) electrons. The number of cyclic esters (lactones) is 1. The fourth-order valence-electron chi connectivity index (χ4n) is 2.88. The van der Waals surface area contributed by atoms with E-state index in [1.807, 2.05) is 24.3 Å². The summed E-state index contributed by atoms with van der Waals surface area (Å²) in [5, 5.41) is 2.77. The van der Waals surface area contributed by atoms with E-state index in [4.69, 9.17) is 4.74 Å². The highest BCUT2D eigenvalue weighted by Crippen LogP contribution is 2.24. The molecule has 0 bridgehead atoms. The molecule has 0 aliphatic carbocycles. The number of amides is 2. The second kappa shape index (κ2) is 7.25. The zero-order valence-electron chi connectivity index (χ0n) is 15.5. The average molecular weight is 346 g/mol. The average Bonchev–Trinajstić information content (AvgIpc) is 2.49. The van der Waals surface area contributed by atoms with Crippen LogP contribution >= 0.6 is 0 Å². The first-order valence-electron chi connectivity index (χ1n) is 8.49. The van der Waals surface area contributed by atoms with Gasteiger partial charge in [-0.15, -0.1) is 0 Å². The predicted molar refractivity (Wildman–Crippen MR) is 95.1 cm³/mol. The number of carbonyl (C=O) groups excluding carboxylic acids is 3. The van der Waals surface area contributed by atoms with Crippen LogP contribution in [-0.2, 0) is 19.1 Å². The molecule has 136 valence electrons. The lowest BCUT2D eigenvalue weighted by Crippen LogP contribution is -2.59. The molecule has 1 atom stereocenters. The fourth-order valence-corrected chi connectivity index (χ4v) is 2.88. The minimum absolute atomic E-state index is 0.125. The van der Waals surface area contributed by atoms with Crippen molar-refractivity contribution in [1.29, 1.82) is 0 Å². The number of rotatable bonds is 4. The standard InChI is InChI=1S/C19H26N2O4/c1-12(2)14-6-8-15(9-7-14)20-17(23)10-16-18(24)25-19(4,5)11-21(16)13(3)22/h6-9,12,16H,10-11H2,1-5H3,(H,20,23). The zero-order chi connectivity index (χ0) is 18.8. The van der Waals surface area contributed by atoms with Gasteiger partial charge in [-0.25, -0.2) is 4.79 Å². The number of esters is 1. The number of nitrogens with zero attached hydrogens (tertiary/aromatic N) is 1. The summed E-state index contributed by atoms with van der Waals surface area (Å²) in [6.45, 7) is 9.35. The smallest absolute Gasteiger partial charge is 0.329 e. The number of ether oxygens (including phenoxy) is 1. The Bertz CT molecular complexity index is 665. The van der Waals surface area contributed by atoms with E-state index in [9.17, 15) is 14.4 Å². The van der Waals surface area contributed by atoms with E-state index in [1.54, 1.807) is 13.8 Å². The number of benzene rings is 1. The number of carbonyl (C=O) groups is 3. The van der Waals surface area contributed by atoms with E-state index in [2.05, 4.69) is 19.2 Å². The Hall–Kier alpha value is -2.37. The molecule has 1 aliphatic heterocycles. The van der Waals surface area contributed by atoms with Gasteiger partial charge in [0.15, 0.2) is 0 Å². The van der Waals surface area contributed by atoms with E-state index in [0.717, 1.165) is 0 Å². The summed E-state index contributed by atoms with van der Waals surface area (Å²) >= 11 is 0. The molecule has 1 unspecified atom stereocenters. The Balaban J connectivity index is 2.05. The third-order valence-electron chi connectivity index (χ3n) is 4.22. The largest absolute Gasteiger partial charge is 0.456 e. The lowest BCUT2D eigenvalue weighted by atomic mass is 10.0. The minimum atomic E-state index is -0.888. The molecule has 6 heteroatoms. The molecule has 1 aromatic carbocycles. The van der Waals surface area contributed by atoms with Gasteiger partial charge in [0.1, 0.15) is 11.6 Å². The van der Waals surface area contributed by atoms with Crippen molar-refractivity contribution in [2.45, 2.75) is 58.6 Å². The van der Waals surface area contributed by atoms with Crippen LogP contribution in [0.4, 0.5) is 5.69 Å². The summed E-state index contributed by atoms with van der Waals surface area (Å²) in [7, 11) is 0. The van der Waals surface area contributed by atoms with E-state index in [-0.39, 0.29) is 24.8 Å². The van der Waals surface area contributed by atoms with Crippen molar-refractivity contribution in [3.63, 3.8) is 0 Å². The zero-order valence-corrected chi connectivity index (χ0v) is 15.5. The van der Waals surface area contributed by atoms with Crippen LogP contribution < -0.4 is 5.32 Å². The fraction of sp³-hybridized carbons (Fsp3) is 0.526. The van der Waals surface area contributed by atoms with Crippen molar-refractivity contribution < 1.29 is 19.1 Å². The van der Waals surface area contributed by atoms with Crippen LogP contribution in [0.25, 0.3) is 0 Å². The first-order chi connectivity index (χ1) is 11.6. The summed E-state index contributed by atoms with van der Waals surface area (Å²) in [6.07, 6.45) is -0.125. The second-order valence-electron chi connectivity index (χ2n) is 7.37. The van der Waals surface area contributed by atoms with Gasteiger partial charge in [0.05, 0.1) is 13.0 Å². The van der Waals surface area contributed by atoms with Crippen molar-refractivity contribution >= 4 is 23.5 Å². The van der Waals surface area contributed by atoms with Crippen LogP contribution in [0.1, 0.15) is 52.5 Å². The monoisotopic (exact) mass is 346 g/mol. The molecule has 0 aromatic heterocycles. The van der Waals surface area contributed by atoms with Crippen molar-refractivity contribution in [1.82, 2.24) is 4.90 Å². The Morgan fingerprint density at radius 3 is 2.40 bits per heavy atom. The maximum atomic E-state index is 12.3. The van der Waals surface area contributed by atoms with E-state index >= 15 is 0 Å².